The maximum Gasteiger partial charge on any atom is 0.410 e. The Balaban J connectivity index is 1.73. The van der Waals surface area contributed by atoms with Gasteiger partial charge in [-0.1, -0.05) is 0 Å². The van der Waals surface area contributed by atoms with Crippen LogP contribution in [0.15, 0.2) is 30.5 Å². The van der Waals surface area contributed by atoms with E-state index in [1.165, 1.54) is 0 Å². The molecule has 1 aliphatic heterocycles. The van der Waals surface area contributed by atoms with Gasteiger partial charge in [0.1, 0.15) is 11.4 Å². The third kappa shape index (κ3) is 4.13. The Morgan fingerprint density at radius 3 is 2.88 bits per heavy atom. The number of aromatic nitrogens is 1. The average molecular weight is 343 g/mol. The Morgan fingerprint density at radius 2 is 2.16 bits per heavy atom. The van der Waals surface area contributed by atoms with Gasteiger partial charge in [-0.25, -0.2) is 4.79 Å². The van der Waals surface area contributed by atoms with Crippen molar-refractivity contribution in [2.45, 2.75) is 38.8 Å². The minimum Gasteiger partial charge on any atom is -0.497 e. The number of pyridine rings is 1. The van der Waals surface area contributed by atoms with Crippen molar-refractivity contribution < 1.29 is 14.3 Å². The first-order valence-electron chi connectivity index (χ1n) is 8.53. The minimum atomic E-state index is -0.475. The van der Waals surface area contributed by atoms with E-state index in [2.05, 4.69) is 10.3 Å². The van der Waals surface area contributed by atoms with E-state index in [0.29, 0.717) is 13.1 Å². The van der Waals surface area contributed by atoms with Gasteiger partial charge in [0.2, 0.25) is 0 Å². The van der Waals surface area contributed by atoms with Gasteiger partial charge in [-0.15, -0.1) is 0 Å². The molecule has 25 heavy (non-hydrogen) atoms. The molecule has 0 spiro atoms. The normalized spacial score (nSPS) is 17.6. The van der Waals surface area contributed by atoms with Crippen LogP contribution in [0.1, 0.15) is 27.2 Å². The zero-order valence-corrected chi connectivity index (χ0v) is 15.2. The maximum atomic E-state index is 12.2. The summed E-state index contributed by atoms with van der Waals surface area (Å²) in [6.45, 7) is 6.95. The standard InChI is InChI=1S/C19H25N3O3/c1-19(2,3)25-18(23)22-9-7-13(12-22)21-17-11-14(24-4)10-16-15(17)6-5-8-20-16/h5-6,8,10-11,13,21H,7,9,12H2,1-4H3/t13-/m0/s1. The number of amides is 1. The van der Waals surface area contributed by atoms with Crippen LogP contribution in [0.2, 0.25) is 0 Å². The second kappa shape index (κ2) is 6.78. The Morgan fingerprint density at radius 1 is 1.36 bits per heavy atom. The van der Waals surface area contributed by atoms with Crippen LogP contribution < -0.4 is 10.1 Å². The Hall–Kier alpha value is -2.50. The number of methoxy groups -OCH3 is 1. The summed E-state index contributed by atoms with van der Waals surface area (Å²) in [7, 11) is 1.65. The number of hydrogen-bond donors (Lipinski definition) is 1. The van der Waals surface area contributed by atoms with Crippen molar-refractivity contribution in [2.24, 2.45) is 0 Å². The van der Waals surface area contributed by atoms with E-state index in [-0.39, 0.29) is 12.1 Å². The second-order valence-corrected chi connectivity index (χ2v) is 7.30. The zero-order chi connectivity index (χ0) is 18.0. The fourth-order valence-electron chi connectivity index (χ4n) is 2.98. The lowest BCUT2D eigenvalue weighted by Gasteiger charge is -2.24. The van der Waals surface area contributed by atoms with Crippen LogP contribution in [0, 0.1) is 0 Å². The molecule has 134 valence electrons. The molecule has 1 N–H and O–H groups in total. The highest BCUT2D eigenvalue weighted by Crippen LogP contribution is 2.29. The molecule has 1 saturated heterocycles. The van der Waals surface area contributed by atoms with Crippen molar-refractivity contribution in [1.29, 1.82) is 0 Å². The largest absolute Gasteiger partial charge is 0.497 e. The Labute approximate surface area is 148 Å². The summed E-state index contributed by atoms with van der Waals surface area (Å²) < 4.78 is 10.8. The van der Waals surface area contributed by atoms with Crippen LogP contribution in [0.25, 0.3) is 10.9 Å². The molecule has 0 unspecified atom stereocenters. The van der Waals surface area contributed by atoms with Gasteiger partial charge in [-0.05, 0) is 39.3 Å². The topological polar surface area (TPSA) is 63.7 Å². The quantitative estimate of drug-likeness (QED) is 0.921. The zero-order valence-electron chi connectivity index (χ0n) is 15.2. The van der Waals surface area contributed by atoms with Gasteiger partial charge in [-0.3, -0.25) is 4.98 Å². The van der Waals surface area contributed by atoms with E-state index < -0.39 is 5.60 Å². The predicted molar refractivity (Wildman–Crippen MR) is 98.1 cm³/mol. The van der Waals surface area contributed by atoms with Gasteiger partial charge < -0.3 is 19.7 Å². The first-order chi connectivity index (χ1) is 11.9. The number of hydrogen-bond acceptors (Lipinski definition) is 5. The molecule has 0 aliphatic carbocycles. The highest BCUT2D eigenvalue weighted by Gasteiger charge is 2.30. The molecule has 1 atom stereocenters. The highest BCUT2D eigenvalue weighted by atomic mass is 16.6. The number of fused-ring (bicyclic) bond motifs is 1. The Bertz CT molecular complexity index is 770. The van der Waals surface area contributed by atoms with Crippen LogP contribution in [-0.4, -0.2) is 47.8 Å². The fourth-order valence-corrected chi connectivity index (χ4v) is 2.98. The average Bonchev–Trinajstić information content (AvgIpc) is 3.02. The van der Waals surface area contributed by atoms with Crippen molar-refractivity contribution in [2.75, 3.05) is 25.5 Å². The first-order valence-corrected chi connectivity index (χ1v) is 8.53. The summed E-state index contributed by atoms with van der Waals surface area (Å²) in [6, 6.07) is 8.01. The van der Waals surface area contributed by atoms with E-state index in [0.717, 1.165) is 28.8 Å². The molecule has 1 aromatic heterocycles. The molecule has 2 aromatic rings. The summed E-state index contributed by atoms with van der Waals surface area (Å²) >= 11 is 0. The summed E-state index contributed by atoms with van der Waals surface area (Å²) in [4.78, 5) is 18.4. The van der Waals surface area contributed by atoms with Gasteiger partial charge in [0.15, 0.2) is 0 Å². The smallest absolute Gasteiger partial charge is 0.410 e. The lowest BCUT2D eigenvalue weighted by Crippen LogP contribution is -2.36. The van der Waals surface area contributed by atoms with Gasteiger partial charge in [0.05, 0.1) is 12.6 Å². The molecule has 0 radical (unpaired) electrons. The van der Waals surface area contributed by atoms with Gasteiger partial charge in [0.25, 0.3) is 0 Å². The summed E-state index contributed by atoms with van der Waals surface area (Å²) in [6.07, 6.45) is 2.39. The molecule has 0 bridgehead atoms. The number of ether oxygens (including phenoxy) is 2. The summed E-state index contributed by atoms with van der Waals surface area (Å²) in [5, 5.41) is 4.58. The number of carbonyl (C=O) groups is 1. The lowest BCUT2D eigenvalue weighted by atomic mass is 10.1. The second-order valence-electron chi connectivity index (χ2n) is 7.30. The molecule has 6 nitrogen and oxygen atoms in total. The molecule has 1 fully saturated rings. The van der Waals surface area contributed by atoms with E-state index in [4.69, 9.17) is 9.47 Å². The molecular formula is C19H25N3O3. The van der Waals surface area contributed by atoms with Gasteiger partial charge in [-0.2, -0.15) is 0 Å². The Kier molecular flexibility index (Phi) is 4.70. The number of anilines is 1. The third-order valence-electron chi connectivity index (χ3n) is 4.13. The number of rotatable bonds is 3. The monoisotopic (exact) mass is 343 g/mol. The van der Waals surface area contributed by atoms with Crippen molar-refractivity contribution in [3.05, 3.63) is 30.5 Å². The number of nitrogens with one attached hydrogen (secondary N) is 1. The van der Waals surface area contributed by atoms with Crippen LogP contribution in [0.3, 0.4) is 0 Å². The van der Waals surface area contributed by atoms with Gasteiger partial charge in [0, 0.05) is 48.5 Å². The SMILES string of the molecule is COc1cc(N[C@H]2CCN(C(=O)OC(C)(C)C)C2)c2cccnc2c1. The van der Waals surface area contributed by atoms with Gasteiger partial charge >= 0.3 is 6.09 Å². The first kappa shape index (κ1) is 17.3. The minimum absolute atomic E-state index is 0.169. The number of likely N-dealkylation sites (tertiary alicyclic amines) is 1. The highest BCUT2D eigenvalue weighted by molar-refractivity contribution is 5.92. The molecule has 1 aliphatic rings. The van der Waals surface area contributed by atoms with Crippen molar-refractivity contribution in [3.63, 3.8) is 0 Å². The molecule has 1 aromatic carbocycles. The van der Waals surface area contributed by atoms with E-state index in [9.17, 15) is 4.79 Å². The predicted octanol–water partition coefficient (Wildman–Crippen LogP) is 3.66. The molecule has 6 heteroatoms. The molecule has 1 amide bonds. The molecular weight excluding hydrogens is 318 g/mol. The summed E-state index contributed by atoms with van der Waals surface area (Å²) in [5.41, 5.74) is 1.38. The van der Waals surface area contributed by atoms with Crippen LogP contribution in [0.5, 0.6) is 5.75 Å². The van der Waals surface area contributed by atoms with E-state index in [1.807, 2.05) is 45.0 Å². The number of nitrogens with zero attached hydrogens (tertiary/aromatic N) is 2. The van der Waals surface area contributed by atoms with E-state index >= 15 is 0 Å². The number of benzene rings is 1. The van der Waals surface area contributed by atoms with E-state index in [1.54, 1.807) is 18.2 Å². The molecule has 0 saturated carbocycles. The lowest BCUT2D eigenvalue weighted by molar-refractivity contribution is 0.0293. The maximum absolute atomic E-state index is 12.2. The summed E-state index contributed by atoms with van der Waals surface area (Å²) in [5.74, 6) is 0.760. The molecule has 3 rings (SSSR count). The van der Waals surface area contributed by atoms with Crippen LogP contribution in [0.4, 0.5) is 10.5 Å². The number of carbonyl (C=O) groups excluding carboxylic acids is 1. The van der Waals surface area contributed by atoms with Crippen molar-refractivity contribution in [3.8, 4) is 5.75 Å². The fraction of sp³-hybridized carbons (Fsp3) is 0.474. The van der Waals surface area contributed by atoms with Crippen LogP contribution in [-0.2, 0) is 4.74 Å². The third-order valence-corrected chi connectivity index (χ3v) is 4.13. The van der Waals surface area contributed by atoms with Crippen molar-refractivity contribution >= 4 is 22.7 Å². The molecule has 2 heterocycles. The van der Waals surface area contributed by atoms with Crippen molar-refractivity contribution in [1.82, 2.24) is 9.88 Å². The van der Waals surface area contributed by atoms with Crippen LogP contribution >= 0.6 is 0 Å².